The molecule has 17 heavy (non-hydrogen) atoms. The van der Waals surface area contributed by atoms with Crippen LogP contribution in [0, 0.1) is 0 Å². The third kappa shape index (κ3) is 3.48. The normalized spacial score (nSPS) is 11.0. The Kier molecular flexibility index (Phi) is 4.50. The molecule has 0 aliphatic heterocycles. The van der Waals surface area contributed by atoms with Crippen LogP contribution in [0.3, 0.4) is 0 Å². The summed E-state index contributed by atoms with van der Waals surface area (Å²) >= 11 is 6.60. The fraction of sp³-hybridized carbons (Fsp3) is 0.250. The minimum Gasteiger partial charge on any atom is -0.294 e. The molecule has 0 aromatic carbocycles. The van der Waals surface area contributed by atoms with Crippen molar-refractivity contribution < 1.29 is 4.79 Å². The van der Waals surface area contributed by atoms with Crippen molar-refractivity contribution in [1.82, 2.24) is 4.90 Å². The first kappa shape index (κ1) is 13.0. The van der Waals surface area contributed by atoms with E-state index in [1.54, 1.807) is 11.3 Å². The van der Waals surface area contributed by atoms with E-state index in [1.807, 2.05) is 29.5 Å². The molecule has 0 bridgehead atoms. The zero-order chi connectivity index (χ0) is 12.3. The van der Waals surface area contributed by atoms with E-state index < -0.39 is 0 Å². The standard InChI is InChI=1S/C12H12BrNOS2/c1-14(7-9-3-2-5-16-9)8-11(15)12-10(13)4-6-17-12/h2-6H,7-8H2,1H3. The highest BCUT2D eigenvalue weighted by Gasteiger charge is 2.14. The van der Waals surface area contributed by atoms with Gasteiger partial charge in [0.25, 0.3) is 0 Å². The summed E-state index contributed by atoms with van der Waals surface area (Å²) in [4.78, 5) is 16.1. The number of hydrogen-bond acceptors (Lipinski definition) is 4. The van der Waals surface area contributed by atoms with Crippen molar-refractivity contribution in [2.75, 3.05) is 13.6 Å². The minimum absolute atomic E-state index is 0.172. The van der Waals surface area contributed by atoms with Gasteiger partial charge in [-0.2, -0.15) is 0 Å². The number of hydrogen-bond donors (Lipinski definition) is 0. The highest BCUT2D eigenvalue weighted by molar-refractivity contribution is 9.10. The van der Waals surface area contributed by atoms with Crippen molar-refractivity contribution in [3.63, 3.8) is 0 Å². The lowest BCUT2D eigenvalue weighted by Crippen LogP contribution is -2.24. The molecule has 5 heteroatoms. The fourth-order valence-electron chi connectivity index (χ4n) is 1.53. The monoisotopic (exact) mass is 329 g/mol. The van der Waals surface area contributed by atoms with Crippen LogP contribution in [0.2, 0.25) is 0 Å². The van der Waals surface area contributed by atoms with Gasteiger partial charge in [0.2, 0.25) is 0 Å². The van der Waals surface area contributed by atoms with Crippen LogP contribution in [0.5, 0.6) is 0 Å². The molecule has 0 aliphatic rings. The Hall–Kier alpha value is -0.490. The van der Waals surface area contributed by atoms with Gasteiger partial charge in [0.15, 0.2) is 5.78 Å². The third-order valence-corrected chi connectivity index (χ3v) is 5.03. The summed E-state index contributed by atoms with van der Waals surface area (Å²) in [6.45, 7) is 1.28. The number of halogens is 1. The summed E-state index contributed by atoms with van der Waals surface area (Å²) in [7, 11) is 1.97. The summed E-state index contributed by atoms with van der Waals surface area (Å²) in [5.41, 5.74) is 0. The van der Waals surface area contributed by atoms with Crippen LogP contribution in [0.25, 0.3) is 0 Å². The van der Waals surface area contributed by atoms with Crippen molar-refractivity contribution in [3.05, 3.63) is 43.2 Å². The molecule has 0 spiro atoms. The number of likely N-dealkylation sites (N-methyl/N-ethyl adjacent to an activating group) is 1. The fourth-order valence-corrected chi connectivity index (χ4v) is 3.84. The average Bonchev–Trinajstić information content (AvgIpc) is 2.88. The Labute approximate surface area is 117 Å². The third-order valence-electron chi connectivity index (χ3n) is 2.29. The van der Waals surface area contributed by atoms with Crippen LogP contribution < -0.4 is 0 Å². The van der Waals surface area contributed by atoms with Crippen molar-refractivity contribution in [1.29, 1.82) is 0 Å². The molecule has 2 rings (SSSR count). The number of thiophene rings is 2. The predicted molar refractivity (Wildman–Crippen MR) is 77.0 cm³/mol. The number of ketones is 1. The van der Waals surface area contributed by atoms with Crippen molar-refractivity contribution in [2.45, 2.75) is 6.54 Å². The second kappa shape index (κ2) is 5.91. The number of carbonyl (C=O) groups excluding carboxylic acids is 1. The topological polar surface area (TPSA) is 20.3 Å². The van der Waals surface area contributed by atoms with Crippen LogP contribution in [-0.2, 0) is 6.54 Å². The summed E-state index contributed by atoms with van der Waals surface area (Å²) in [5.74, 6) is 0.172. The van der Waals surface area contributed by atoms with E-state index >= 15 is 0 Å². The van der Waals surface area contributed by atoms with E-state index in [0.29, 0.717) is 6.54 Å². The largest absolute Gasteiger partial charge is 0.294 e. The van der Waals surface area contributed by atoms with Gasteiger partial charge >= 0.3 is 0 Å². The molecule has 0 N–H and O–H groups in total. The smallest absolute Gasteiger partial charge is 0.187 e. The first-order valence-electron chi connectivity index (χ1n) is 5.14. The van der Waals surface area contributed by atoms with Gasteiger partial charge in [0, 0.05) is 15.9 Å². The summed E-state index contributed by atoms with van der Waals surface area (Å²) in [6, 6.07) is 6.04. The maximum atomic E-state index is 12.0. The molecule has 0 fully saturated rings. The van der Waals surface area contributed by atoms with E-state index in [9.17, 15) is 4.79 Å². The molecule has 90 valence electrons. The zero-order valence-corrected chi connectivity index (χ0v) is 12.6. The van der Waals surface area contributed by atoms with Crippen molar-refractivity contribution >= 4 is 44.4 Å². The Morgan fingerprint density at radius 2 is 2.18 bits per heavy atom. The molecule has 2 aromatic heterocycles. The number of nitrogens with zero attached hydrogens (tertiary/aromatic N) is 1. The van der Waals surface area contributed by atoms with Gasteiger partial charge in [-0.25, -0.2) is 0 Å². The summed E-state index contributed by atoms with van der Waals surface area (Å²) < 4.78 is 0.900. The van der Waals surface area contributed by atoms with Crippen molar-refractivity contribution in [2.24, 2.45) is 0 Å². The molecule has 0 amide bonds. The lowest BCUT2D eigenvalue weighted by Gasteiger charge is -2.14. The number of carbonyl (C=O) groups is 1. The molecule has 0 aliphatic carbocycles. The van der Waals surface area contributed by atoms with Crippen LogP contribution in [0.15, 0.2) is 33.4 Å². The molecule has 2 aromatic rings. The Morgan fingerprint density at radius 3 is 2.76 bits per heavy atom. The Morgan fingerprint density at radius 1 is 1.35 bits per heavy atom. The van der Waals surface area contributed by atoms with E-state index in [-0.39, 0.29) is 5.78 Å². The minimum atomic E-state index is 0.172. The van der Waals surface area contributed by atoms with E-state index in [0.717, 1.165) is 15.9 Å². The maximum Gasteiger partial charge on any atom is 0.187 e. The lowest BCUT2D eigenvalue weighted by molar-refractivity contribution is 0.0947. The molecular weight excluding hydrogens is 318 g/mol. The molecule has 0 atom stereocenters. The van der Waals surface area contributed by atoms with Gasteiger partial charge in [0.1, 0.15) is 0 Å². The van der Waals surface area contributed by atoms with Gasteiger partial charge in [-0.15, -0.1) is 22.7 Å². The molecule has 0 saturated carbocycles. The van der Waals surface area contributed by atoms with Crippen LogP contribution >= 0.6 is 38.6 Å². The molecule has 2 heterocycles. The average molecular weight is 330 g/mol. The van der Waals surface area contributed by atoms with E-state index in [1.165, 1.54) is 16.2 Å². The predicted octanol–water partition coefficient (Wildman–Crippen LogP) is 3.89. The first-order chi connectivity index (χ1) is 8.16. The second-order valence-electron chi connectivity index (χ2n) is 3.77. The quantitative estimate of drug-likeness (QED) is 0.775. The van der Waals surface area contributed by atoms with Crippen LogP contribution in [0.1, 0.15) is 14.5 Å². The molecule has 2 nitrogen and oxygen atoms in total. The second-order valence-corrected chi connectivity index (χ2v) is 6.58. The molecule has 0 unspecified atom stereocenters. The van der Waals surface area contributed by atoms with Crippen LogP contribution in [0.4, 0.5) is 0 Å². The van der Waals surface area contributed by atoms with Gasteiger partial charge < -0.3 is 0 Å². The van der Waals surface area contributed by atoms with Crippen LogP contribution in [-0.4, -0.2) is 24.3 Å². The molecular formula is C12H12BrNOS2. The van der Waals surface area contributed by atoms with Crippen molar-refractivity contribution in [3.8, 4) is 0 Å². The Bertz CT molecular complexity index is 492. The maximum absolute atomic E-state index is 12.0. The van der Waals surface area contributed by atoms with Gasteiger partial charge in [-0.3, -0.25) is 9.69 Å². The highest BCUT2D eigenvalue weighted by atomic mass is 79.9. The molecule has 0 saturated heterocycles. The first-order valence-corrected chi connectivity index (χ1v) is 7.69. The Balaban J connectivity index is 1.93. The van der Waals surface area contributed by atoms with Gasteiger partial charge in [-0.1, -0.05) is 6.07 Å². The van der Waals surface area contributed by atoms with Gasteiger partial charge in [-0.05, 0) is 45.9 Å². The number of rotatable bonds is 5. The lowest BCUT2D eigenvalue weighted by atomic mass is 10.3. The highest BCUT2D eigenvalue weighted by Crippen LogP contribution is 2.23. The number of Topliss-reactive ketones (excluding diaryl/α,β-unsaturated/α-hetero) is 1. The van der Waals surface area contributed by atoms with E-state index in [4.69, 9.17) is 0 Å². The van der Waals surface area contributed by atoms with E-state index in [2.05, 4.69) is 27.4 Å². The summed E-state index contributed by atoms with van der Waals surface area (Å²) in [6.07, 6.45) is 0. The SMILES string of the molecule is CN(CC(=O)c1sccc1Br)Cc1cccs1. The zero-order valence-electron chi connectivity index (χ0n) is 9.35. The summed E-state index contributed by atoms with van der Waals surface area (Å²) in [5, 5.41) is 3.98. The molecule has 0 radical (unpaired) electrons. The van der Waals surface area contributed by atoms with Gasteiger partial charge in [0.05, 0.1) is 11.4 Å².